The van der Waals surface area contributed by atoms with Gasteiger partial charge in [-0.3, -0.25) is 0 Å². The van der Waals surface area contributed by atoms with Gasteiger partial charge in [0.2, 0.25) is 0 Å². The van der Waals surface area contributed by atoms with Crippen molar-refractivity contribution in [3.8, 4) is 56.4 Å². The van der Waals surface area contributed by atoms with Crippen LogP contribution in [-0.4, -0.2) is 0 Å². The Kier molecular flexibility index (Phi) is 5.68. The van der Waals surface area contributed by atoms with Crippen LogP contribution in [0.15, 0.2) is 152 Å². The molecular weight excluding hydrogens is 575 g/mol. The van der Waals surface area contributed by atoms with Crippen molar-refractivity contribution >= 4 is 44.5 Å². The molecular formula is C40H25O2PS. The van der Waals surface area contributed by atoms with E-state index in [2.05, 4.69) is 140 Å². The van der Waals surface area contributed by atoms with Crippen LogP contribution in [0.3, 0.4) is 0 Å². The Bertz CT molecular complexity index is 2290. The predicted octanol–water partition coefficient (Wildman–Crippen LogP) is 9.81. The van der Waals surface area contributed by atoms with Gasteiger partial charge in [-0.15, -0.1) is 0 Å². The van der Waals surface area contributed by atoms with Crippen molar-refractivity contribution in [2.75, 3.05) is 0 Å². The first-order valence-corrected chi connectivity index (χ1v) is 17.5. The molecule has 44 heavy (non-hydrogen) atoms. The molecule has 9 rings (SSSR count). The Morgan fingerprint density at radius 1 is 0.409 bits per heavy atom. The van der Waals surface area contributed by atoms with Crippen LogP contribution >= 0.6 is 6.04 Å². The van der Waals surface area contributed by atoms with E-state index in [1.807, 2.05) is 12.1 Å². The van der Waals surface area contributed by atoms with E-state index in [1.165, 1.54) is 0 Å². The highest BCUT2D eigenvalue weighted by molar-refractivity contribution is 8.26. The Morgan fingerprint density at radius 3 is 1.75 bits per heavy atom. The third-order valence-electron chi connectivity index (χ3n) is 8.70. The third kappa shape index (κ3) is 3.77. The summed E-state index contributed by atoms with van der Waals surface area (Å²) >= 11 is 7.01. The molecule has 4 heteroatoms. The van der Waals surface area contributed by atoms with E-state index in [-0.39, 0.29) is 0 Å². The number of hydrogen-bond acceptors (Lipinski definition) is 3. The minimum atomic E-state index is -2.61. The van der Waals surface area contributed by atoms with Gasteiger partial charge < -0.3 is 9.47 Å². The van der Waals surface area contributed by atoms with E-state index in [0.717, 1.165) is 83.1 Å². The number of fused-ring (bicyclic) bond motifs is 6. The van der Waals surface area contributed by atoms with Gasteiger partial charge in [0, 0.05) is 10.6 Å². The summed E-state index contributed by atoms with van der Waals surface area (Å²) in [6.07, 6.45) is 0. The van der Waals surface area contributed by atoms with Crippen LogP contribution in [0.4, 0.5) is 0 Å². The summed E-state index contributed by atoms with van der Waals surface area (Å²) in [5.41, 5.74) is 6.76. The third-order valence-corrected chi connectivity index (χ3v) is 13.6. The minimum absolute atomic E-state index is 0.780. The molecule has 0 bridgehead atoms. The van der Waals surface area contributed by atoms with Gasteiger partial charge in [-0.25, -0.2) is 0 Å². The number of rotatable bonds is 3. The molecule has 1 unspecified atom stereocenters. The van der Waals surface area contributed by atoms with Crippen molar-refractivity contribution in [1.29, 1.82) is 0 Å². The maximum atomic E-state index is 7.01. The highest BCUT2D eigenvalue weighted by Crippen LogP contribution is 2.60. The van der Waals surface area contributed by atoms with Crippen molar-refractivity contribution in [2.24, 2.45) is 0 Å². The highest BCUT2D eigenvalue weighted by Gasteiger charge is 2.44. The van der Waals surface area contributed by atoms with Gasteiger partial charge in [0.1, 0.15) is 23.0 Å². The van der Waals surface area contributed by atoms with E-state index >= 15 is 0 Å². The molecule has 2 heterocycles. The van der Waals surface area contributed by atoms with E-state index < -0.39 is 6.04 Å². The average molecular weight is 601 g/mol. The zero-order valence-electron chi connectivity index (χ0n) is 23.6. The van der Waals surface area contributed by atoms with Gasteiger partial charge in [0.15, 0.2) is 0 Å². The summed E-state index contributed by atoms with van der Waals surface area (Å²) in [6.45, 7) is 0. The molecule has 0 aliphatic carbocycles. The summed E-state index contributed by atoms with van der Waals surface area (Å²) < 4.78 is 13.6. The fourth-order valence-corrected chi connectivity index (χ4v) is 11.5. The number of ether oxygens (including phenoxy) is 2. The van der Waals surface area contributed by atoms with E-state index in [4.69, 9.17) is 21.3 Å². The van der Waals surface area contributed by atoms with Gasteiger partial charge in [0.05, 0.1) is 11.3 Å². The minimum Gasteiger partial charge on any atom is -0.456 e. The second-order valence-corrected chi connectivity index (χ2v) is 15.5. The first kappa shape index (κ1) is 25.5. The highest BCUT2D eigenvalue weighted by atomic mass is 32.4. The smallest absolute Gasteiger partial charge is 0.140 e. The molecule has 0 N–H and O–H groups in total. The second kappa shape index (κ2) is 9.79. The fraction of sp³-hybridized carbons (Fsp3) is 0. The molecule has 0 amide bonds. The van der Waals surface area contributed by atoms with E-state index in [1.54, 1.807) is 0 Å². The Balaban J connectivity index is 1.33. The Hall–Kier alpha value is -4.95. The standard InChI is InChI=1S/C40H25O2PS/c44-43-38-25-29(26-11-3-1-4-12-26)20-21-34(38)41-36-23-30(32-17-10-9-16-31(32)27-13-5-2-6-14-27)24-37(40(36)43)42-35-22-19-28-15-7-8-18-33(28)39(35)43/h1-25H. The predicted molar refractivity (Wildman–Crippen MR) is 186 cm³/mol. The van der Waals surface area contributed by atoms with Gasteiger partial charge in [-0.2, -0.15) is 0 Å². The molecule has 0 spiro atoms. The van der Waals surface area contributed by atoms with E-state index in [9.17, 15) is 0 Å². The van der Waals surface area contributed by atoms with Crippen molar-refractivity contribution in [3.63, 3.8) is 0 Å². The number of hydrogen-bond donors (Lipinski definition) is 0. The van der Waals surface area contributed by atoms with Gasteiger partial charge >= 0.3 is 0 Å². The molecule has 0 aromatic heterocycles. The quantitative estimate of drug-likeness (QED) is 0.188. The largest absolute Gasteiger partial charge is 0.456 e. The molecule has 2 aliphatic heterocycles. The van der Waals surface area contributed by atoms with Crippen LogP contribution in [0.1, 0.15) is 0 Å². The first-order chi connectivity index (χ1) is 21.7. The molecule has 2 aliphatic rings. The maximum absolute atomic E-state index is 7.01. The normalized spacial score (nSPS) is 15.8. The fourth-order valence-electron chi connectivity index (χ4n) is 6.70. The average Bonchev–Trinajstić information content (AvgIpc) is 3.08. The molecule has 0 fully saturated rings. The summed E-state index contributed by atoms with van der Waals surface area (Å²) in [5.74, 6) is 3.21. The van der Waals surface area contributed by atoms with Crippen molar-refractivity contribution in [3.05, 3.63) is 152 Å². The Labute approximate surface area is 261 Å². The van der Waals surface area contributed by atoms with Gasteiger partial charge in [-0.05, 0) is 74.5 Å². The monoisotopic (exact) mass is 600 g/mol. The van der Waals surface area contributed by atoms with Crippen molar-refractivity contribution < 1.29 is 9.47 Å². The van der Waals surface area contributed by atoms with Gasteiger partial charge in [-0.1, -0.05) is 133 Å². The summed E-state index contributed by atoms with van der Waals surface area (Å²) in [6, 6.07) is 50.4. The van der Waals surface area contributed by atoms with Crippen LogP contribution in [0.2, 0.25) is 0 Å². The van der Waals surface area contributed by atoms with Crippen LogP contribution in [-0.2, 0) is 11.8 Å². The van der Waals surface area contributed by atoms with Gasteiger partial charge in [0.25, 0.3) is 0 Å². The molecule has 208 valence electrons. The topological polar surface area (TPSA) is 18.5 Å². The summed E-state index contributed by atoms with van der Waals surface area (Å²) in [7, 11) is 0. The zero-order valence-corrected chi connectivity index (χ0v) is 25.3. The lowest BCUT2D eigenvalue weighted by Gasteiger charge is -2.38. The molecule has 2 nitrogen and oxygen atoms in total. The first-order valence-electron chi connectivity index (χ1n) is 14.7. The van der Waals surface area contributed by atoms with Crippen LogP contribution < -0.4 is 25.4 Å². The molecule has 0 saturated heterocycles. The molecule has 7 aromatic rings. The Morgan fingerprint density at radius 2 is 1.00 bits per heavy atom. The number of benzene rings is 7. The summed E-state index contributed by atoms with van der Waals surface area (Å²) in [5, 5.41) is 5.47. The lowest BCUT2D eigenvalue weighted by molar-refractivity contribution is 0.467. The molecule has 1 atom stereocenters. The lowest BCUT2D eigenvalue weighted by atomic mass is 9.94. The SMILES string of the molecule is S=P12c3cc(-c4ccccc4)ccc3Oc3cc(-c4ccccc4-c4ccccc4)cc(c31)Oc1ccc3ccccc3c12. The molecule has 0 saturated carbocycles. The van der Waals surface area contributed by atoms with Crippen LogP contribution in [0.25, 0.3) is 44.2 Å². The lowest BCUT2D eigenvalue weighted by Crippen LogP contribution is -2.35. The summed E-state index contributed by atoms with van der Waals surface area (Å²) in [4.78, 5) is 0. The maximum Gasteiger partial charge on any atom is 0.140 e. The second-order valence-electron chi connectivity index (χ2n) is 11.2. The van der Waals surface area contributed by atoms with Crippen LogP contribution in [0, 0.1) is 0 Å². The van der Waals surface area contributed by atoms with Crippen LogP contribution in [0.5, 0.6) is 23.0 Å². The van der Waals surface area contributed by atoms with E-state index in [0.29, 0.717) is 0 Å². The van der Waals surface area contributed by atoms with Crippen molar-refractivity contribution in [1.82, 2.24) is 0 Å². The van der Waals surface area contributed by atoms with Crippen molar-refractivity contribution in [2.45, 2.75) is 0 Å². The zero-order chi connectivity index (χ0) is 29.3. The molecule has 0 radical (unpaired) electrons. The molecule has 7 aromatic carbocycles.